The molecule has 0 bridgehead atoms. The molecule has 2 rings (SSSR count). The van der Waals surface area contributed by atoms with Gasteiger partial charge in [-0.05, 0) is 26.3 Å². The van der Waals surface area contributed by atoms with Crippen molar-refractivity contribution in [2.45, 2.75) is 38.9 Å². The third-order valence-electron chi connectivity index (χ3n) is 3.54. The Labute approximate surface area is 162 Å². The molecule has 0 atom stereocenters. The molecule has 1 heterocycles. The molecule has 0 aliphatic carbocycles. The number of aliphatic hydroxyl groups is 2. The number of rotatable bonds is 7. The van der Waals surface area contributed by atoms with Crippen LogP contribution in [0.1, 0.15) is 31.9 Å². The summed E-state index contributed by atoms with van der Waals surface area (Å²) >= 11 is 6.20. The Morgan fingerprint density at radius 1 is 1.26 bits per heavy atom. The van der Waals surface area contributed by atoms with Gasteiger partial charge in [0.1, 0.15) is 19.9 Å². The van der Waals surface area contributed by atoms with Crippen LogP contribution in [0.2, 0.25) is 0 Å². The quantitative estimate of drug-likeness (QED) is 0.682. The first-order chi connectivity index (χ1) is 12.6. The minimum absolute atomic E-state index is 0.0854. The van der Waals surface area contributed by atoms with Gasteiger partial charge in [0.05, 0.1) is 23.4 Å². The number of hydroxylamine groups is 1. The van der Waals surface area contributed by atoms with Gasteiger partial charge in [0.25, 0.3) is 0 Å². The zero-order chi connectivity index (χ0) is 20.1. The van der Waals surface area contributed by atoms with E-state index in [1.807, 2.05) is 20.8 Å². The molecule has 9 heteroatoms. The topological polar surface area (TPSA) is 83.8 Å². The Bertz CT molecular complexity index is 686. The molecule has 1 aliphatic heterocycles. The van der Waals surface area contributed by atoms with Gasteiger partial charge in [0, 0.05) is 5.56 Å². The number of alkyl halides is 1. The summed E-state index contributed by atoms with van der Waals surface area (Å²) < 4.78 is 22.5. The number of benzene rings is 1. The van der Waals surface area contributed by atoms with E-state index >= 15 is 0 Å². The molecule has 0 aromatic heterocycles. The van der Waals surface area contributed by atoms with E-state index in [9.17, 15) is 14.6 Å². The van der Waals surface area contributed by atoms with E-state index in [1.165, 1.54) is 23.5 Å². The number of hydrazone groups is 1. The summed E-state index contributed by atoms with van der Waals surface area (Å²) in [6, 6.07) is 6.18. The average molecular weight is 403 g/mol. The maximum Gasteiger partial charge on any atom is 0.307 e. The van der Waals surface area contributed by atoms with Gasteiger partial charge in [-0.1, -0.05) is 35.9 Å². The monoisotopic (exact) mass is 402 g/mol. The van der Waals surface area contributed by atoms with Crippen LogP contribution < -0.4 is 0 Å². The van der Waals surface area contributed by atoms with E-state index in [0.29, 0.717) is 10.8 Å². The number of hydrogen-bond donors (Lipinski definition) is 2. The van der Waals surface area contributed by atoms with E-state index in [4.69, 9.17) is 21.2 Å². The minimum atomic E-state index is -2.54. The molecule has 0 fully saturated rings. The van der Waals surface area contributed by atoms with Crippen molar-refractivity contribution >= 4 is 17.8 Å². The molecule has 0 saturated heterocycles. The Morgan fingerprint density at radius 2 is 1.93 bits per heavy atom. The number of allylic oxidation sites excluding steroid dienone is 1. The standard InChI is InChI=1S/C18H24ClFN2O5/c1-17(2,3)22-21-10-16(15(19)12-27-22)25-11-13-4-6-14(7-5-13)18(23,24)26-9-8-20/h4-7,10,23-24H,8-9,11-12H2,1-3H3. The summed E-state index contributed by atoms with van der Waals surface area (Å²) in [4.78, 5) is 5.52. The van der Waals surface area contributed by atoms with E-state index in [-0.39, 0.29) is 24.3 Å². The molecule has 0 radical (unpaired) electrons. The first kappa shape index (κ1) is 21.6. The number of ether oxygens (including phenoxy) is 2. The van der Waals surface area contributed by atoms with Crippen molar-refractivity contribution in [1.82, 2.24) is 5.17 Å². The maximum absolute atomic E-state index is 12.1. The fourth-order valence-electron chi connectivity index (χ4n) is 2.12. The predicted molar refractivity (Wildman–Crippen MR) is 98.2 cm³/mol. The number of hydrogen-bond acceptors (Lipinski definition) is 7. The fraction of sp³-hybridized carbons (Fsp3) is 0.500. The molecular formula is C18H24ClFN2O5. The normalized spacial score (nSPS) is 15.9. The van der Waals surface area contributed by atoms with Crippen molar-refractivity contribution in [2.75, 3.05) is 19.9 Å². The molecule has 27 heavy (non-hydrogen) atoms. The van der Waals surface area contributed by atoms with Crippen molar-refractivity contribution in [3.05, 3.63) is 46.2 Å². The molecule has 0 unspecified atom stereocenters. The lowest BCUT2D eigenvalue weighted by Gasteiger charge is -2.30. The highest BCUT2D eigenvalue weighted by Gasteiger charge is 2.27. The molecular weight excluding hydrogens is 379 g/mol. The van der Waals surface area contributed by atoms with E-state index in [2.05, 4.69) is 9.84 Å². The van der Waals surface area contributed by atoms with Gasteiger partial charge in [-0.15, -0.1) is 0 Å². The minimum Gasteiger partial charge on any atom is -0.486 e. The largest absolute Gasteiger partial charge is 0.486 e. The van der Waals surface area contributed by atoms with Gasteiger partial charge in [-0.2, -0.15) is 10.3 Å². The third-order valence-corrected chi connectivity index (χ3v) is 3.83. The summed E-state index contributed by atoms with van der Waals surface area (Å²) in [6.45, 7) is 4.93. The zero-order valence-electron chi connectivity index (χ0n) is 15.5. The molecule has 1 aromatic rings. The smallest absolute Gasteiger partial charge is 0.307 e. The van der Waals surface area contributed by atoms with Gasteiger partial charge in [0.15, 0.2) is 5.76 Å². The summed E-state index contributed by atoms with van der Waals surface area (Å²) in [7, 11) is 0. The summed E-state index contributed by atoms with van der Waals surface area (Å²) in [5.74, 6) is -2.16. The zero-order valence-corrected chi connectivity index (χ0v) is 16.2. The Balaban J connectivity index is 2.00. The van der Waals surface area contributed by atoms with Crippen LogP contribution in [0.5, 0.6) is 0 Å². The highest BCUT2D eigenvalue weighted by atomic mass is 35.5. The van der Waals surface area contributed by atoms with Gasteiger partial charge in [-0.25, -0.2) is 4.39 Å². The van der Waals surface area contributed by atoms with Gasteiger partial charge >= 0.3 is 5.97 Å². The van der Waals surface area contributed by atoms with Crippen molar-refractivity contribution < 1.29 is 28.9 Å². The maximum atomic E-state index is 12.1. The Morgan fingerprint density at radius 3 is 2.52 bits per heavy atom. The van der Waals surface area contributed by atoms with E-state index in [0.717, 1.165) is 5.56 Å². The molecule has 1 aliphatic rings. The average Bonchev–Trinajstić information content (AvgIpc) is 2.80. The number of nitrogens with zero attached hydrogens (tertiary/aromatic N) is 2. The van der Waals surface area contributed by atoms with E-state index < -0.39 is 19.3 Å². The van der Waals surface area contributed by atoms with Gasteiger partial charge < -0.3 is 19.7 Å². The fourth-order valence-corrected chi connectivity index (χ4v) is 2.28. The SMILES string of the molecule is CC(C)(C)N1N=CC(OCc2ccc(C(O)(O)OCCF)cc2)=C(Cl)CO1. The number of halogens is 2. The molecule has 0 amide bonds. The second-order valence-electron chi connectivity index (χ2n) is 6.86. The van der Waals surface area contributed by atoms with Crippen LogP contribution in [0.4, 0.5) is 4.39 Å². The second kappa shape index (κ2) is 8.99. The van der Waals surface area contributed by atoms with Crippen molar-refractivity contribution in [3.63, 3.8) is 0 Å². The van der Waals surface area contributed by atoms with Gasteiger partial charge in [-0.3, -0.25) is 4.84 Å². The highest BCUT2D eigenvalue weighted by molar-refractivity contribution is 6.31. The predicted octanol–water partition coefficient (Wildman–Crippen LogP) is 2.77. The lowest BCUT2D eigenvalue weighted by molar-refractivity contribution is -0.350. The van der Waals surface area contributed by atoms with E-state index in [1.54, 1.807) is 12.1 Å². The first-order valence-corrected chi connectivity index (χ1v) is 8.74. The lowest BCUT2D eigenvalue weighted by atomic mass is 10.1. The van der Waals surface area contributed by atoms with Crippen LogP contribution in [0.25, 0.3) is 0 Å². The molecule has 0 spiro atoms. The summed E-state index contributed by atoms with van der Waals surface area (Å²) in [5, 5.41) is 25.6. The Hall–Kier alpha value is -1.71. The molecule has 2 N–H and O–H groups in total. The summed E-state index contributed by atoms with van der Waals surface area (Å²) in [6.07, 6.45) is 1.49. The second-order valence-corrected chi connectivity index (χ2v) is 7.32. The molecule has 1 aromatic carbocycles. The molecule has 150 valence electrons. The first-order valence-electron chi connectivity index (χ1n) is 8.36. The van der Waals surface area contributed by atoms with Crippen LogP contribution >= 0.6 is 11.6 Å². The molecule has 7 nitrogen and oxygen atoms in total. The lowest BCUT2D eigenvalue weighted by Crippen LogP contribution is -2.37. The van der Waals surface area contributed by atoms with Crippen LogP contribution in [-0.2, 0) is 26.9 Å². The molecule has 0 saturated carbocycles. The third kappa shape index (κ3) is 6.15. The van der Waals surface area contributed by atoms with Crippen LogP contribution in [0, 0.1) is 0 Å². The van der Waals surface area contributed by atoms with Crippen LogP contribution in [0.15, 0.2) is 40.2 Å². The highest BCUT2D eigenvalue weighted by Crippen LogP contribution is 2.23. The van der Waals surface area contributed by atoms with Crippen molar-refractivity contribution in [2.24, 2.45) is 5.10 Å². The van der Waals surface area contributed by atoms with Crippen molar-refractivity contribution in [1.29, 1.82) is 0 Å². The Kier molecular flexibility index (Phi) is 7.19. The van der Waals surface area contributed by atoms with Crippen LogP contribution in [-0.4, -0.2) is 47.0 Å². The van der Waals surface area contributed by atoms with Gasteiger partial charge in [0.2, 0.25) is 0 Å². The summed E-state index contributed by atoms with van der Waals surface area (Å²) in [5.41, 5.74) is 0.509. The van der Waals surface area contributed by atoms with Crippen molar-refractivity contribution in [3.8, 4) is 0 Å². The van der Waals surface area contributed by atoms with Crippen LogP contribution in [0.3, 0.4) is 0 Å².